The summed E-state index contributed by atoms with van der Waals surface area (Å²) in [5.41, 5.74) is 2.85. The Bertz CT molecular complexity index is 424. The molecule has 0 saturated heterocycles. The van der Waals surface area contributed by atoms with Gasteiger partial charge in [-0.25, -0.2) is 0 Å². The van der Waals surface area contributed by atoms with Crippen LogP contribution in [0.1, 0.15) is 21.5 Å². The predicted molar refractivity (Wildman–Crippen MR) is 57.2 cm³/mol. The molecule has 15 heavy (non-hydrogen) atoms. The molecule has 78 valence electrons. The smallest absolute Gasteiger partial charge is 0.270 e. The Labute approximate surface area is 88.9 Å². The number of fused-ring (bicyclic) bond motifs is 1. The van der Waals surface area contributed by atoms with E-state index in [1.54, 1.807) is 6.20 Å². The summed E-state index contributed by atoms with van der Waals surface area (Å²) in [6.45, 7) is 1.98. The predicted octanol–water partition coefficient (Wildman–Crippen LogP) is 2.07. The van der Waals surface area contributed by atoms with Crippen molar-refractivity contribution in [2.45, 2.75) is 13.3 Å². The second-order valence-electron chi connectivity index (χ2n) is 3.56. The topological polar surface area (TPSA) is 29.5 Å². The summed E-state index contributed by atoms with van der Waals surface area (Å²) in [5.74, 6) is -0.107. The molecular weight excluding hydrogens is 190 g/mol. The van der Waals surface area contributed by atoms with Crippen LogP contribution in [0.25, 0.3) is 0 Å². The van der Waals surface area contributed by atoms with E-state index in [-0.39, 0.29) is 5.91 Å². The molecule has 0 aliphatic carbocycles. The van der Waals surface area contributed by atoms with E-state index in [0.29, 0.717) is 0 Å². The van der Waals surface area contributed by atoms with Gasteiger partial charge in [0.25, 0.3) is 5.91 Å². The van der Waals surface area contributed by atoms with Crippen LogP contribution in [0.5, 0.6) is 0 Å². The Morgan fingerprint density at radius 2 is 2.20 bits per heavy atom. The Morgan fingerprint density at radius 3 is 2.93 bits per heavy atom. The van der Waals surface area contributed by atoms with Crippen molar-refractivity contribution < 1.29 is 9.63 Å². The van der Waals surface area contributed by atoms with Crippen molar-refractivity contribution in [1.29, 1.82) is 0 Å². The fourth-order valence-corrected chi connectivity index (χ4v) is 1.67. The number of aryl methyl sites for hydroxylation is 1. The molecule has 2 rings (SSSR count). The number of amides is 1. The standard InChI is InChI=1S/C12H13NO2/c1-9-5-6-10-4-3-7-13(15-2)12(14)11(10)8-9/h3,5-8H,4H2,1-2H3. The lowest BCUT2D eigenvalue weighted by Crippen LogP contribution is -2.24. The van der Waals surface area contributed by atoms with Gasteiger partial charge < -0.3 is 0 Å². The van der Waals surface area contributed by atoms with Crippen LogP contribution in [-0.4, -0.2) is 18.1 Å². The van der Waals surface area contributed by atoms with Gasteiger partial charge in [-0.2, -0.15) is 5.06 Å². The summed E-state index contributed by atoms with van der Waals surface area (Å²) >= 11 is 0. The van der Waals surface area contributed by atoms with Gasteiger partial charge in [0, 0.05) is 11.8 Å². The van der Waals surface area contributed by atoms with Crippen molar-refractivity contribution in [3.8, 4) is 0 Å². The van der Waals surface area contributed by atoms with Gasteiger partial charge in [0.2, 0.25) is 0 Å². The minimum atomic E-state index is -0.107. The monoisotopic (exact) mass is 203 g/mol. The van der Waals surface area contributed by atoms with Crippen molar-refractivity contribution in [1.82, 2.24) is 5.06 Å². The Morgan fingerprint density at radius 1 is 1.40 bits per heavy atom. The molecule has 0 bridgehead atoms. The quantitative estimate of drug-likeness (QED) is 0.699. The lowest BCUT2D eigenvalue weighted by atomic mass is 10.0. The number of nitrogens with zero attached hydrogens (tertiary/aromatic N) is 1. The largest absolute Gasteiger partial charge is 0.281 e. The molecule has 0 N–H and O–H groups in total. The molecule has 0 atom stereocenters. The maximum absolute atomic E-state index is 12.0. The van der Waals surface area contributed by atoms with Crippen LogP contribution in [0.4, 0.5) is 0 Å². The number of carbonyl (C=O) groups excluding carboxylic acids is 1. The van der Waals surface area contributed by atoms with Crippen LogP contribution < -0.4 is 0 Å². The zero-order chi connectivity index (χ0) is 10.8. The third-order valence-electron chi connectivity index (χ3n) is 2.47. The van der Waals surface area contributed by atoms with E-state index in [1.807, 2.05) is 31.2 Å². The molecule has 0 aromatic heterocycles. The molecular formula is C12H13NO2. The summed E-state index contributed by atoms with van der Waals surface area (Å²) in [6, 6.07) is 5.91. The molecule has 1 aromatic rings. The highest BCUT2D eigenvalue weighted by atomic mass is 16.7. The maximum atomic E-state index is 12.0. The van der Waals surface area contributed by atoms with Gasteiger partial charge in [-0.3, -0.25) is 9.63 Å². The zero-order valence-electron chi connectivity index (χ0n) is 8.86. The maximum Gasteiger partial charge on any atom is 0.281 e. The first-order valence-corrected chi connectivity index (χ1v) is 4.86. The van der Waals surface area contributed by atoms with Crippen molar-refractivity contribution in [3.63, 3.8) is 0 Å². The Balaban J connectivity index is 2.49. The number of rotatable bonds is 1. The van der Waals surface area contributed by atoms with E-state index in [1.165, 1.54) is 12.2 Å². The third kappa shape index (κ3) is 1.78. The van der Waals surface area contributed by atoms with Crippen molar-refractivity contribution >= 4 is 5.91 Å². The molecule has 0 fully saturated rings. The van der Waals surface area contributed by atoms with Crippen LogP contribution in [0.3, 0.4) is 0 Å². The van der Waals surface area contributed by atoms with E-state index in [4.69, 9.17) is 4.84 Å². The number of hydrogen-bond donors (Lipinski definition) is 0. The van der Waals surface area contributed by atoms with E-state index < -0.39 is 0 Å². The molecule has 0 unspecified atom stereocenters. The molecule has 1 aliphatic rings. The number of allylic oxidation sites excluding steroid dienone is 1. The van der Waals surface area contributed by atoms with Crippen LogP contribution in [0.15, 0.2) is 30.5 Å². The highest BCUT2D eigenvalue weighted by molar-refractivity contribution is 5.96. The average Bonchev–Trinajstić information content (AvgIpc) is 2.39. The SMILES string of the molecule is CON1C=CCc2ccc(C)cc2C1=O. The molecule has 1 amide bonds. The molecule has 3 heteroatoms. The molecule has 0 spiro atoms. The van der Waals surface area contributed by atoms with E-state index in [2.05, 4.69) is 0 Å². The van der Waals surface area contributed by atoms with Crippen molar-refractivity contribution in [2.24, 2.45) is 0 Å². The van der Waals surface area contributed by atoms with Gasteiger partial charge in [0.05, 0.1) is 7.11 Å². The first-order chi connectivity index (χ1) is 7.22. The second-order valence-corrected chi connectivity index (χ2v) is 3.56. The molecule has 3 nitrogen and oxygen atoms in total. The van der Waals surface area contributed by atoms with Gasteiger partial charge in [0.1, 0.15) is 0 Å². The number of hydrogen-bond acceptors (Lipinski definition) is 2. The lowest BCUT2D eigenvalue weighted by molar-refractivity contribution is -0.0583. The molecule has 1 aliphatic heterocycles. The minimum absolute atomic E-state index is 0.107. The average molecular weight is 203 g/mol. The highest BCUT2D eigenvalue weighted by Crippen LogP contribution is 2.18. The fraction of sp³-hybridized carbons (Fsp3) is 0.250. The zero-order valence-corrected chi connectivity index (χ0v) is 8.86. The number of carbonyl (C=O) groups is 1. The van der Waals surface area contributed by atoms with Gasteiger partial charge in [-0.05, 0) is 25.0 Å². The number of hydroxylamine groups is 2. The molecule has 1 heterocycles. The van der Waals surface area contributed by atoms with Gasteiger partial charge >= 0.3 is 0 Å². The van der Waals surface area contributed by atoms with Gasteiger partial charge in [-0.15, -0.1) is 0 Å². The first kappa shape index (κ1) is 9.93. The molecule has 1 aromatic carbocycles. The third-order valence-corrected chi connectivity index (χ3v) is 2.47. The van der Waals surface area contributed by atoms with Crippen LogP contribution >= 0.6 is 0 Å². The van der Waals surface area contributed by atoms with Crippen LogP contribution in [-0.2, 0) is 11.3 Å². The van der Waals surface area contributed by atoms with Crippen LogP contribution in [0.2, 0.25) is 0 Å². The summed E-state index contributed by atoms with van der Waals surface area (Å²) in [5, 5.41) is 1.26. The summed E-state index contributed by atoms with van der Waals surface area (Å²) in [4.78, 5) is 16.9. The second kappa shape index (κ2) is 3.87. The summed E-state index contributed by atoms with van der Waals surface area (Å²) in [6.07, 6.45) is 4.35. The van der Waals surface area contributed by atoms with E-state index in [9.17, 15) is 4.79 Å². The van der Waals surface area contributed by atoms with Crippen molar-refractivity contribution in [3.05, 3.63) is 47.2 Å². The molecule has 0 radical (unpaired) electrons. The Kier molecular flexibility index (Phi) is 2.56. The van der Waals surface area contributed by atoms with E-state index >= 15 is 0 Å². The summed E-state index contributed by atoms with van der Waals surface area (Å²) < 4.78 is 0. The summed E-state index contributed by atoms with van der Waals surface area (Å²) in [7, 11) is 1.49. The van der Waals surface area contributed by atoms with E-state index in [0.717, 1.165) is 23.1 Å². The number of benzene rings is 1. The van der Waals surface area contributed by atoms with Crippen LogP contribution in [0, 0.1) is 6.92 Å². The van der Waals surface area contributed by atoms with Crippen molar-refractivity contribution in [2.75, 3.05) is 7.11 Å². The molecule has 0 saturated carbocycles. The first-order valence-electron chi connectivity index (χ1n) is 4.86. The highest BCUT2D eigenvalue weighted by Gasteiger charge is 2.19. The Hall–Kier alpha value is -1.61. The van der Waals surface area contributed by atoms with Gasteiger partial charge in [-0.1, -0.05) is 23.8 Å². The fourth-order valence-electron chi connectivity index (χ4n) is 1.67. The van der Waals surface area contributed by atoms with Gasteiger partial charge in [0.15, 0.2) is 0 Å². The normalized spacial score (nSPS) is 15.1. The lowest BCUT2D eigenvalue weighted by Gasteiger charge is -2.14. The minimum Gasteiger partial charge on any atom is -0.270 e.